The van der Waals surface area contributed by atoms with Crippen LogP contribution in [0.25, 0.3) is 0 Å². The van der Waals surface area contributed by atoms with E-state index in [1.807, 2.05) is 0 Å². The average Bonchev–Trinajstić information content (AvgIpc) is 2.02. The normalized spacial score (nSPS) is 23.9. The molecule has 13 heavy (non-hydrogen) atoms. The van der Waals surface area contributed by atoms with Crippen molar-refractivity contribution in [1.29, 1.82) is 0 Å². The first kappa shape index (κ1) is 10.6. The van der Waals surface area contributed by atoms with Crippen LogP contribution in [0.4, 0.5) is 0 Å². The first-order valence-corrected chi connectivity index (χ1v) is 5.32. The van der Waals surface area contributed by atoms with E-state index in [0.29, 0.717) is 5.41 Å². The molecule has 0 spiro atoms. The lowest BCUT2D eigenvalue weighted by Crippen LogP contribution is -2.20. The Morgan fingerprint density at radius 3 is 2.38 bits per heavy atom. The van der Waals surface area contributed by atoms with Crippen molar-refractivity contribution in [3.63, 3.8) is 0 Å². The van der Waals surface area contributed by atoms with Crippen LogP contribution in [0, 0.1) is 11.3 Å². The highest BCUT2D eigenvalue weighted by Crippen LogP contribution is 2.36. The van der Waals surface area contributed by atoms with Gasteiger partial charge >= 0.3 is 0 Å². The van der Waals surface area contributed by atoms with Gasteiger partial charge in [-0.15, -0.1) is 0 Å². The fourth-order valence-electron chi connectivity index (χ4n) is 1.92. The van der Waals surface area contributed by atoms with Gasteiger partial charge in [-0.1, -0.05) is 45.4 Å². The Bertz CT molecular complexity index is 235. The topological polar surface area (TPSA) is 0 Å². The Hall–Kier alpha value is -0.520. The molecule has 0 nitrogen and oxygen atoms in total. The molecule has 0 saturated heterocycles. The summed E-state index contributed by atoms with van der Waals surface area (Å²) in [6, 6.07) is 0. The highest BCUT2D eigenvalue weighted by molar-refractivity contribution is 5.30. The molecule has 1 atom stereocenters. The first-order chi connectivity index (χ1) is 5.95. The summed E-state index contributed by atoms with van der Waals surface area (Å²) in [5.74, 6) is 0.725. The molecule has 0 fully saturated rings. The summed E-state index contributed by atoms with van der Waals surface area (Å²) in [6.45, 7) is 11.5. The van der Waals surface area contributed by atoms with Gasteiger partial charge in [0.05, 0.1) is 0 Å². The molecule has 0 aliphatic heterocycles. The van der Waals surface area contributed by atoms with Gasteiger partial charge in [0.25, 0.3) is 0 Å². The third-order valence-corrected chi connectivity index (χ3v) is 3.10. The molecule has 74 valence electrons. The minimum atomic E-state index is 0.414. The molecular formula is C13H22. The molecule has 0 bridgehead atoms. The standard InChI is InChI=1S/C13H22/c1-6-11-7-8-12(9-10(11)2)13(3,4)5/h7-8,12H,6,9H2,1-5H3. The van der Waals surface area contributed by atoms with Crippen LogP contribution in [-0.2, 0) is 0 Å². The molecule has 0 aromatic rings. The van der Waals surface area contributed by atoms with E-state index in [1.165, 1.54) is 12.8 Å². The van der Waals surface area contributed by atoms with Gasteiger partial charge in [-0.05, 0) is 36.7 Å². The van der Waals surface area contributed by atoms with Crippen molar-refractivity contribution in [3.05, 3.63) is 23.3 Å². The fourth-order valence-corrected chi connectivity index (χ4v) is 1.92. The average molecular weight is 178 g/mol. The summed E-state index contributed by atoms with van der Waals surface area (Å²) >= 11 is 0. The van der Waals surface area contributed by atoms with Crippen LogP contribution < -0.4 is 0 Å². The maximum Gasteiger partial charge on any atom is -0.0144 e. The number of hydrogen-bond donors (Lipinski definition) is 0. The zero-order valence-electron chi connectivity index (χ0n) is 9.65. The largest absolute Gasteiger partial charge is 0.0803 e. The summed E-state index contributed by atoms with van der Waals surface area (Å²) in [4.78, 5) is 0. The van der Waals surface area contributed by atoms with Crippen LogP contribution in [0.15, 0.2) is 23.3 Å². The second-order valence-electron chi connectivity index (χ2n) is 5.19. The zero-order valence-corrected chi connectivity index (χ0v) is 9.65. The number of rotatable bonds is 1. The van der Waals surface area contributed by atoms with Crippen LogP contribution >= 0.6 is 0 Å². The SMILES string of the molecule is CCC1=C(C)CC(C(C)(C)C)C=C1. The Kier molecular flexibility index (Phi) is 3.00. The molecule has 0 N–H and O–H groups in total. The maximum absolute atomic E-state index is 2.39. The quantitative estimate of drug-likeness (QED) is 0.560. The smallest absolute Gasteiger partial charge is 0.0144 e. The molecule has 0 heteroatoms. The van der Waals surface area contributed by atoms with Crippen molar-refractivity contribution in [2.75, 3.05) is 0 Å². The predicted octanol–water partition coefficient (Wildman–Crippen LogP) is 4.34. The molecule has 0 aromatic heterocycles. The number of allylic oxidation sites excluding steroid dienone is 4. The highest BCUT2D eigenvalue weighted by Gasteiger charge is 2.24. The summed E-state index contributed by atoms with van der Waals surface area (Å²) in [5.41, 5.74) is 3.54. The van der Waals surface area contributed by atoms with E-state index in [-0.39, 0.29) is 0 Å². The van der Waals surface area contributed by atoms with Gasteiger partial charge in [-0.2, -0.15) is 0 Å². The summed E-state index contributed by atoms with van der Waals surface area (Å²) < 4.78 is 0. The van der Waals surface area contributed by atoms with Crippen molar-refractivity contribution in [2.45, 2.75) is 47.5 Å². The monoisotopic (exact) mass is 178 g/mol. The second-order valence-corrected chi connectivity index (χ2v) is 5.19. The fraction of sp³-hybridized carbons (Fsp3) is 0.692. The Balaban J connectivity index is 2.76. The minimum absolute atomic E-state index is 0.414. The minimum Gasteiger partial charge on any atom is -0.0803 e. The van der Waals surface area contributed by atoms with Gasteiger partial charge in [0.2, 0.25) is 0 Å². The molecule has 1 aliphatic rings. The molecule has 0 aromatic carbocycles. The van der Waals surface area contributed by atoms with E-state index in [4.69, 9.17) is 0 Å². The van der Waals surface area contributed by atoms with Gasteiger partial charge in [0.1, 0.15) is 0 Å². The predicted molar refractivity (Wildman–Crippen MR) is 59.7 cm³/mol. The van der Waals surface area contributed by atoms with Gasteiger partial charge in [0, 0.05) is 0 Å². The molecule has 0 amide bonds. The first-order valence-electron chi connectivity index (χ1n) is 5.32. The summed E-state index contributed by atoms with van der Waals surface area (Å²) in [7, 11) is 0. The third kappa shape index (κ3) is 2.46. The molecule has 1 rings (SSSR count). The Morgan fingerprint density at radius 1 is 1.38 bits per heavy atom. The van der Waals surface area contributed by atoms with E-state index in [0.717, 1.165) is 5.92 Å². The Labute approximate surface area is 82.7 Å². The number of hydrogen-bond acceptors (Lipinski definition) is 0. The van der Waals surface area contributed by atoms with E-state index in [2.05, 4.69) is 46.8 Å². The lowest BCUT2D eigenvalue weighted by atomic mass is 9.74. The van der Waals surface area contributed by atoms with E-state index < -0.39 is 0 Å². The lowest BCUT2D eigenvalue weighted by molar-refractivity contribution is 0.288. The Morgan fingerprint density at radius 2 is 2.00 bits per heavy atom. The van der Waals surface area contributed by atoms with Gasteiger partial charge in [-0.25, -0.2) is 0 Å². The third-order valence-electron chi connectivity index (χ3n) is 3.10. The summed E-state index contributed by atoms with van der Waals surface area (Å²) in [5, 5.41) is 0. The zero-order chi connectivity index (χ0) is 10.1. The molecule has 0 saturated carbocycles. The molecule has 1 unspecified atom stereocenters. The van der Waals surface area contributed by atoms with Crippen molar-refractivity contribution in [2.24, 2.45) is 11.3 Å². The van der Waals surface area contributed by atoms with Gasteiger partial charge < -0.3 is 0 Å². The van der Waals surface area contributed by atoms with E-state index in [9.17, 15) is 0 Å². The molecular weight excluding hydrogens is 156 g/mol. The molecule has 0 heterocycles. The van der Waals surface area contributed by atoms with Crippen LogP contribution in [0.2, 0.25) is 0 Å². The van der Waals surface area contributed by atoms with Crippen molar-refractivity contribution in [3.8, 4) is 0 Å². The van der Waals surface area contributed by atoms with E-state index >= 15 is 0 Å². The van der Waals surface area contributed by atoms with Gasteiger partial charge in [0.15, 0.2) is 0 Å². The van der Waals surface area contributed by atoms with Crippen molar-refractivity contribution < 1.29 is 0 Å². The highest BCUT2D eigenvalue weighted by atomic mass is 14.3. The maximum atomic E-state index is 2.39. The van der Waals surface area contributed by atoms with Gasteiger partial charge in [-0.3, -0.25) is 0 Å². The second kappa shape index (κ2) is 3.69. The van der Waals surface area contributed by atoms with Crippen molar-refractivity contribution >= 4 is 0 Å². The van der Waals surface area contributed by atoms with Crippen molar-refractivity contribution in [1.82, 2.24) is 0 Å². The van der Waals surface area contributed by atoms with Crippen LogP contribution in [0.5, 0.6) is 0 Å². The van der Waals surface area contributed by atoms with Crippen LogP contribution in [0.1, 0.15) is 47.5 Å². The lowest BCUT2D eigenvalue weighted by Gasteiger charge is -2.31. The van der Waals surface area contributed by atoms with E-state index in [1.54, 1.807) is 11.1 Å². The molecule has 0 radical (unpaired) electrons. The summed E-state index contributed by atoms with van der Waals surface area (Å²) in [6.07, 6.45) is 7.16. The van der Waals surface area contributed by atoms with Crippen LogP contribution in [-0.4, -0.2) is 0 Å². The molecule has 1 aliphatic carbocycles. The van der Waals surface area contributed by atoms with Crippen LogP contribution in [0.3, 0.4) is 0 Å².